The minimum atomic E-state index is -3.07. The summed E-state index contributed by atoms with van der Waals surface area (Å²) >= 11 is 1.23. The van der Waals surface area contributed by atoms with Gasteiger partial charge in [-0.1, -0.05) is 54.2 Å². The molecule has 1 saturated heterocycles. The largest absolute Gasteiger partial charge is 0.351 e. The zero-order chi connectivity index (χ0) is 23.4. The Bertz CT molecular complexity index is 1310. The van der Waals surface area contributed by atoms with Gasteiger partial charge >= 0.3 is 0 Å². The van der Waals surface area contributed by atoms with Crippen molar-refractivity contribution in [1.82, 2.24) is 14.9 Å². The second kappa shape index (κ2) is 10.1. The molecule has 2 aromatic carbocycles. The van der Waals surface area contributed by atoms with Gasteiger partial charge in [0.05, 0.1) is 27.7 Å². The van der Waals surface area contributed by atoms with Crippen molar-refractivity contribution >= 4 is 38.4 Å². The molecule has 174 valence electrons. The van der Waals surface area contributed by atoms with E-state index in [1.165, 1.54) is 17.3 Å². The highest BCUT2D eigenvalue weighted by Crippen LogP contribution is 2.24. The zero-order valence-corrected chi connectivity index (χ0v) is 20.1. The van der Waals surface area contributed by atoms with E-state index in [1.807, 2.05) is 30.3 Å². The van der Waals surface area contributed by atoms with E-state index >= 15 is 0 Å². The summed E-state index contributed by atoms with van der Waals surface area (Å²) in [5, 5.41) is 3.35. The molecule has 7 nitrogen and oxygen atoms in total. The molecular weight excluding hydrogens is 458 g/mol. The summed E-state index contributed by atoms with van der Waals surface area (Å²) in [6.07, 6.45) is 2.03. The normalized spacial score (nSPS) is 18.3. The number of nitrogens with one attached hydrogen (secondary N) is 1. The van der Waals surface area contributed by atoms with E-state index in [1.54, 1.807) is 23.6 Å². The standard InChI is InChI=1S/C24H27N3O4S2/c1-17(22(28)25-19-13-15-33(30,31)16-19)32-24-26-21-12-6-5-11-20(21)23(29)27(24)14-7-10-18-8-3-2-4-9-18/h2-6,8-9,11-12,17,19H,7,10,13-16H2,1H3,(H,25,28). The molecule has 1 aliphatic heterocycles. The van der Waals surface area contributed by atoms with E-state index in [9.17, 15) is 18.0 Å². The fourth-order valence-electron chi connectivity index (χ4n) is 3.96. The molecule has 0 bridgehead atoms. The maximum Gasteiger partial charge on any atom is 0.262 e. The molecule has 2 unspecified atom stereocenters. The van der Waals surface area contributed by atoms with Crippen LogP contribution in [-0.4, -0.2) is 46.7 Å². The number of thioether (sulfide) groups is 1. The van der Waals surface area contributed by atoms with Gasteiger partial charge < -0.3 is 5.32 Å². The van der Waals surface area contributed by atoms with Crippen LogP contribution >= 0.6 is 11.8 Å². The third kappa shape index (κ3) is 5.83. The summed E-state index contributed by atoms with van der Waals surface area (Å²) in [7, 11) is -3.07. The average Bonchev–Trinajstić information content (AvgIpc) is 3.14. The Morgan fingerprint density at radius 3 is 2.64 bits per heavy atom. The molecule has 2 atom stereocenters. The summed E-state index contributed by atoms with van der Waals surface area (Å²) in [6, 6.07) is 16.9. The number of aryl methyl sites for hydroxylation is 1. The van der Waals surface area contributed by atoms with E-state index in [2.05, 4.69) is 22.4 Å². The van der Waals surface area contributed by atoms with Gasteiger partial charge in [0.25, 0.3) is 5.56 Å². The van der Waals surface area contributed by atoms with Crippen molar-refractivity contribution < 1.29 is 13.2 Å². The van der Waals surface area contributed by atoms with Crippen LogP contribution in [-0.2, 0) is 27.6 Å². The van der Waals surface area contributed by atoms with Crippen LogP contribution < -0.4 is 10.9 Å². The SMILES string of the molecule is CC(Sc1nc2ccccc2c(=O)n1CCCc1ccccc1)C(=O)NC1CCS(=O)(=O)C1. The summed E-state index contributed by atoms with van der Waals surface area (Å²) in [5.74, 6) is -0.165. The topological polar surface area (TPSA) is 98.1 Å². The first kappa shape index (κ1) is 23.5. The average molecular weight is 486 g/mol. The quantitative estimate of drug-likeness (QED) is 0.389. The predicted octanol–water partition coefficient (Wildman–Crippen LogP) is 2.81. The zero-order valence-electron chi connectivity index (χ0n) is 18.4. The van der Waals surface area contributed by atoms with E-state index < -0.39 is 15.1 Å². The van der Waals surface area contributed by atoms with Crippen molar-refractivity contribution in [2.75, 3.05) is 11.5 Å². The Labute approximate surface area is 197 Å². The second-order valence-corrected chi connectivity index (χ2v) is 11.9. The van der Waals surface area contributed by atoms with Gasteiger partial charge in [-0.25, -0.2) is 13.4 Å². The Hall–Kier alpha value is -2.65. The van der Waals surface area contributed by atoms with E-state index in [0.29, 0.717) is 29.0 Å². The minimum absolute atomic E-state index is 0.0193. The molecule has 0 spiro atoms. The van der Waals surface area contributed by atoms with Crippen LogP contribution in [0, 0.1) is 0 Å². The van der Waals surface area contributed by atoms with Crippen molar-refractivity contribution in [2.24, 2.45) is 0 Å². The number of fused-ring (bicyclic) bond motifs is 1. The maximum absolute atomic E-state index is 13.2. The van der Waals surface area contributed by atoms with Gasteiger partial charge in [-0.05, 0) is 43.9 Å². The molecule has 9 heteroatoms. The highest BCUT2D eigenvalue weighted by molar-refractivity contribution is 8.00. The fraction of sp³-hybridized carbons (Fsp3) is 0.375. The fourth-order valence-corrected chi connectivity index (χ4v) is 6.58. The van der Waals surface area contributed by atoms with Crippen LogP contribution in [0.5, 0.6) is 0 Å². The monoisotopic (exact) mass is 485 g/mol. The number of hydrogen-bond donors (Lipinski definition) is 1. The van der Waals surface area contributed by atoms with Gasteiger partial charge in [-0.3, -0.25) is 14.2 Å². The summed E-state index contributed by atoms with van der Waals surface area (Å²) in [5.41, 5.74) is 1.68. The second-order valence-electron chi connectivity index (χ2n) is 8.33. The van der Waals surface area contributed by atoms with E-state index in [0.717, 1.165) is 12.8 Å². The lowest BCUT2D eigenvalue weighted by molar-refractivity contribution is -0.120. The Balaban J connectivity index is 1.52. The number of carbonyl (C=O) groups excluding carboxylic acids is 1. The minimum Gasteiger partial charge on any atom is -0.351 e. The van der Waals surface area contributed by atoms with Crippen LogP contribution in [0.15, 0.2) is 64.5 Å². The number of para-hydroxylation sites is 1. The lowest BCUT2D eigenvalue weighted by Gasteiger charge is -2.18. The summed E-state index contributed by atoms with van der Waals surface area (Å²) in [4.78, 5) is 30.7. The number of aromatic nitrogens is 2. The first-order valence-corrected chi connectivity index (χ1v) is 13.7. The van der Waals surface area contributed by atoms with Crippen molar-refractivity contribution in [3.05, 3.63) is 70.5 Å². The maximum atomic E-state index is 13.2. The molecule has 1 aromatic heterocycles. The van der Waals surface area contributed by atoms with Crippen LogP contribution in [0.3, 0.4) is 0 Å². The van der Waals surface area contributed by atoms with Gasteiger partial charge in [0.15, 0.2) is 15.0 Å². The van der Waals surface area contributed by atoms with Crippen molar-refractivity contribution in [2.45, 2.75) is 49.2 Å². The number of nitrogens with zero attached hydrogens (tertiary/aromatic N) is 2. The molecule has 0 aliphatic carbocycles. The number of benzene rings is 2. The van der Waals surface area contributed by atoms with Gasteiger partial charge in [-0.15, -0.1) is 0 Å². The smallest absolute Gasteiger partial charge is 0.262 e. The van der Waals surface area contributed by atoms with Gasteiger partial charge in [0.1, 0.15) is 0 Å². The molecule has 1 amide bonds. The molecule has 1 N–H and O–H groups in total. The molecule has 33 heavy (non-hydrogen) atoms. The highest BCUT2D eigenvalue weighted by Gasteiger charge is 2.30. The lowest BCUT2D eigenvalue weighted by Crippen LogP contribution is -2.40. The number of carbonyl (C=O) groups is 1. The van der Waals surface area contributed by atoms with Crippen LogP contribution in [0.25, 0.3) is 10.9 Å². The van der Waals surface area contributed by atoms with Gasteiger partial charge in [-0.2, -0.15) is 0 Å². The van der Waals surface area contributed by atoms with Crippen molar-refractivity contribution in [3.8, 4) is 0 Å². The predicted molar refractivity (Wildman–Crippen MR) is 131 cm³/mol. The van der Waals surface area contributed by atoms with E-state index in [-0.39, 0.29) is 29.0 Å². The third-order valence-electron chi connectivity index (χ3n) is 5.75. The number of amides is 1. The van der Waals surface area contributed by atoms with Gasteiger partial charge in [0.2, 0.25) is 5.91 Å². The number of sulfone groups is 1. The first-order valence-electron chi connectivity index (χ1n) is 11.0. The molecule has 3 aromatic rings. The summed E-state index contributed by atoms with van der Waals surface area (Å²) < 4.78 is 25.0. The van der Waals surface area contributed by atoms with Crippen LogP contribution in [0.4, 0.5) is 0 Å². The molecule has 0 radical (unpaired) electrons. The summed E-state index contributed by atoms with van der Waals surface area (Å²) in [6.45, 7) is 2.24. The molecule has 4 rings (SSSR count). The van der Waals surface area contributed by atoms with Gasteiger partial charge in [0, 0.05) is 12.6 Å². The van der Waals surface area contributed by atoms with E-state index in [4.69, 9.17) is 0 Å². The molecule has 1 aliphatic rings. The highest BCUT2D eigenvalue weighted by atomic mass is 32.2. The van der Waals surface area contributed by atoms with Crippen molar-refractivity contribution in [1.29, 1.82) is 0 Å². The number of rotatable bonds is 8. The van der Waals surface area contributed by atoms with Crippen LogP contribution in [0.1, 0.15) is 25.3 Å². The molecule has 2 heterocycles. The molecule has 1 fully saturated rings. The Morgan fingerprint density at radius 2 is 1.91 bits per heavy atom. The Morgan fingerprint density at radius 1 is 1.18 bits per heavy atom. The molecule has 0 saturated carbocycles. The number of hydrogen-bond acceptors (Lipinski definition) is 6. The van der Waals surface area contributed by atoms with Crippen LogP contribution in [0.2, 0.25) is 0 Å². The third-order valence-corrected chi connectivity index (χ3v) is 8.60. The van der Waals surface area contributed by atoms with Crippen molar-refractivity contribution in [3.63, 3.8) is 0 Å². The molecular formula is C24H27N3O4S2. The first-order chi connectivity index (χ1) is 15.8. The Kier molecular flexibility index (Phi) is 7.19. The lowest BCUT2D eigenvalue weighted by atomic mass is 10.1.